The Morgan fingerprint density at radius 3 is 2.41 bits per heavy atom. The predicted molar refractivity (Wildman–Crippen MR) is 87.7 cm³/mol. The van der Waals surface area contributed by atoms with Crippen molar-refractivity contribution in [2.75, 3.05) is 32.7 Å². The Bertz CT molecular complexity index is 476. The first kappa shape index (κ1) is 15.6. The number of carbonyl (C=O) groups excluding carboxylic acids is 1. The molecule has 4 nitrogen and oxygen atoms in total. The summed E-state index contributed by atoms with van der Waals surface area (Å²) in [6.07, 6.45) is 9.12. The fourth-order valence-electron chi connectivity index (χ4n) is 3.74. The van der Waals surface area contributed by atoms with Crippen LogP contribution in [-0.4, -0.2) is 54.2 Å². The van der Waals surface area contributed by atoms with Gasteiger partial charge in [0.05, 0.1) is 0 Å². The van der Waals surface area contributed by atoms with Crippen molar-refractivity contribution in [2.24, 2.45) is 11.8 Å². The van der Waals surface area contributed by atoms with Gasteiger partial charge in [0.25, 0.3) is 0 Å². The normalized spacial score (nSPS) is 28.7. The number of likely N-dealkylation sites (tertiary alicyclic amines) is 2. The number of nitrogens with zero attached hydrogens (tertiary/aromatic N) is 2. The minimum atomic E-state index is -0.402. The molecule has 3 rings (SSSR count). The molecule has 2 fully saturated rings. The summed E-state index contributed by atoms with van der Waals surface area (Å²) in [5.74, 6) is 1.22. The molecule has 0 aromatic rings. The first-order chi connectivity index (χ1) is 10.4. The number of hydrogen-bond acceptors (Lipinski definition) is 3. The maximum absolute atomic E-state index is 12.2. The van der Waals surface area contributed by atoms with Gasteiger partial charge in [-0.2, -0.15) is 0 Å². The van der Waals surface area contributed by atoms with E-state index in [1.807, 2.05) is 25.7 Å². The van der Waals surface area contributed by atoms with Crippen molar-refractivity contribution < 1.29 is 9.53 Å². The highest BCUT2D eigenvalue weighted by atomic mass is 16.6. The molecule has 4 heteroatoms. The Labute approximate surface area is 133 Å². The first-order valence-electron chi connectivity index (χ1n) is 8.46. The van der Waals surface area contributed by atoms with Crippen LogP contribution in [0.5, 0.6) is 0 Å². The van der Waals surface area contributed by atoms with Gasteiger partial charge in [-0.05, 0) is 51.0 Å². The standard InChI is InChI=1S/C18H28N2O2/c1-18(2,3)22-17(21)20-12-15-10-19(11-16(15)13-20)9-14-7-5-4-6-8-14/h5,7-8,15-16H,4,6,9-13H2,1-3H3. The van der Waals surface area contributed by atoms with Crippen molar-refractivity contribution >= 4 is 6.09 Å². The molecule has 0 aromatic heterocycles. The summed E-state index contributed by atoms with van der Waals surface area (Å²) in [5.41, 5.74) is 1.05. The summed E-state index contributed by atoms with van der Waals surface area (Å²) in [4.78, 5) is 16.6. The van der Waals surface area contributed by atoms with Gasteiger partial charge in [0.1, 0.15) is 5.60 Å². The second-order valence-corrected chi connectivity index (χ2v) is 7.86. The topological polar surface area (TPSA) is 32.8 Å². The van der Waals surface area contributed by atoms with E-state index in [1.54, 1.807) is 0 Å². The smallest absolute Gasteiger partial charge is 0.410 e. The van der Waals surface area contributed by atoms with Crippen molar-refractivity contribution in [2.45, 2.75) is 39.2 Å². The summed E-state index contributed by atoms with van der Waals surface area (Å²) in [5, 5.41) is 0. The summed E-state index contributed by atoms with van der Waals surface area (Å²) in [7, 11) is 0. The molecule has 2 saturated heterocycles. The molecule has 0 spiro atoms. The van der Waals surface area contributed by atoms with Crippen LogP contribution >= 0.6 is 0 Å². The number of allylic oxidation sites excluding steroid dienone is 2. The zero-order valence-corrected chi connectivity index (χ0v) is 14.0. The highest BCUT2D eigenvalue weighted by molar-refractivity contribution is 5.68. The van der Waals surface area contributed by atoms with Gasteiger partial charge in [0.15, 0.2) is 0 Å². The maximum Gasteiger partial charge on any atom is 0.410 e. The molecule has 0 bridgehead atoms. The van der Waals surface area contributed by atoms with Gasteiger partial charge >= 0.3 is 6.09 Å². The lowest BCUT2D eigenvalue weighted by molar-refractivity contribution is 0.0275. The van der Waals surface area contributed by atoms with Gasteiger partial charge in [-0.3, -0.25) is 4.90 Å². The van der Waals surface area contributed by atoms with Crippen LogP contribution in [0.15, 0.2) is 23.8 Å². The molecule has 22 heavy (non-hydrogen) atoms. The molecular weight excluding hydrogens is 276 g/mol. The fourth-order valence-corrected chi connectivity index (χ4v) is 3.74. The number of ether oxygens (including phenoxy) is 1. The number of fused-ring (bicyclic) bond motifs is 1. The van der Waals surface area contributed by atoms with E-state index in [2.05, 4.69) is 23.1 Å². The van der Waals surface area contributed by atoms with Gasteiger partial charge in [0, 0.05) is 32.7 Å². The minimum Gasteiger partial charge on any atom is -0.444 e. The quantitative estimate of drug-likeness (QED) is 0.786. The van der Waals surface area contributed by atoms with Crippen molar-refractivity contribution in [1.29, 1.82) is 0 Å². The number of rotatable bonds is 2. The largest absolute Gasteiger partial charge is 0.444 e. The van der Waals surface area contributed by atoms with Crippen LogP contribution in [0.25, 0.3) is 0 Å². The predicted octanol–water partition coefficient (Wildman–Crippen LogP) is 3.06. The number of hydrogen-bond donors (Lipinski definition) is 0. The number of amides is 1. The third kappa shape index (κ3) is 3.72. The molecule has 2 aliphatic heterocycles. The summed E-state index contributed by atoms with van der Waals surface area (Å²) >= 11 is 0. The van der Waals surface area contributed by atoms with E-state index in [4.69, 9.17) is 4.74 Å². The Morgan fingerprint density at radius 1 is 1.18 bits per heavy atom. The lowest BCUT2D eigenvalue weighted by atomic mass is 10.0. The van der Waals surface area contributed by atoms with Crippen LogP contribution < -0.4 is 0 Å². The Morgan fingerprint density at radius 2 is 1.86 bits per heavy atom. The molecule has 0 aromatic carbocycles. The van der Waals surface area contributed by atoms with Crippen molar-refractivity contribution in [1.82, 2.24) is 9.80 Å². The summed E-state index contributed by atoms with van der Waals surface area (Å²) in [6.45, 7) is 10.8. The Kier molecular flexibility index (Phi) is 4.31. The zero-order chi connectivity index (χ0) is 15.7. The highest BCUT2D eigenvalue weighted by Gasteiger charge is 2.42. The molecule has 0 saturated carbocycles. The Hall–Kier alpha value is -1.29. The molecule has 2 unspecified atom stereocenters. The van der Waals surface area contributed by atoms with Crippen molar-refractivity contribution in [3.8, 4) is 0 Å². The maximum atomic E-state index is 12.2. The van der Waals surface area contributed by atoms with E-state index in [9.17, 15) is 4.79 Å². The van der Waals surface area contributed by atoms with Gasteiger partial charge in [-0.15, -0.1) is 0 Å². The van der Waals surface area contributed by atoms with Crippen LogP contribution in [0.4, 0.5) is 4.79 Å². The second-order valence-electron chi connectivity index (χ2n) is 7.86. The van der Waals surface area contributed by atoms with E-state index in [-0.39, 0.29) is 6.09 Å². The van der Waals surface area contributed by atoms with Gasteiger partial charge < -0.3 is 9.64 Å². The van der Waals surface area contributed by atoms with E-state index in [0.717, 1.165) is 32.7 Å². The molecule has 0 radical (unpaired) electrons. The first-order valence-corrected chi connectivity index (χ1v) is 8.46. The van der Waals surface area contributed by atoms with Crippen LogP contribution in [0, 0.1) is 11.8 Å². The molecule has 2 atom stereocenters. The molecule has 2 heterocycles. The van der Waals surface area contributed by atoms with Crippen molar-refractivity contribution in [3.05, 3.63) is 23.8 Å². The fraction of sp³-hybridized carbons (Fsp3) is 0.722. The van der Waals surface area contributed by atoms with E-state index < -0.39 is 5.60 Å². The summed E-state index contributed by atoms with van der Waals surface area (Å²) < 4.78 is 5.49. The second kappa shape index (κ2) is 6.07. The highest BCUT2D eigenvalue weighted by Crippen LogP contribution is 2.32. The third-order valence-electron chi connectivity index (χ3n) is 4.69. The molecular formula is C18H28N2O2. The van der Waals surface area contributed by atoms with Crippen molar-refractivity contribution in [3.63, 3.8) is 0 Å². The SMILES string of the molecule is CC(C)(C)OC(=O)N1CC2CN(CC3=CCCC=C3)CC2C1. The summed E-state index contributed by atoms with van der Waals surface area (Å²) in [6, 6.07) is 0. The average Bonchev–Trinajstić information content (AvgIpc) is 2.96. The molecule has 1 amide bonds. The van der Waals surface area contributed by atoms with Gasteiger partial charge in [-0.25, -0.2) is 4.79 Å². The lowest BCUT2D eigenvalue weighted by Crippen LogP contribution is -2.37. The van der Waals surface area contributed by atoms with E-state index >= 15 is 0 Å². The van der Waals surface area contributed by atoms with E-state index in [0.29, 0.717) is 11.8 Å². The van der Waals surface area contributed by atoms with Crippen LogP contribution in [0.1, 0.15) is 33.6 Å². The van der Waals surface area contributed by atoms with Gasteiger partial charge in [0.2, 0.25) is 0 Å². The van der Waals surface area contributed by atoms with E-state index in [1.165, 1.54) is 18.4 Å². The third-order valence-corrected chi connectivity index (χ3v) is 4.69. The monoisotopic (exact) mass is 304 g/mol. The molecule has 1 aliphatic carbocycles. The van der Waals surface area contributed by atoms with Crippen LogP contribution in [-0.2, 0) is 4.74 Å². The molecule has 0 N–H and O–H groups in total. The zero-order valence-electron chi connectivity index (χ0n) is 14.0. The van der Waals surface area contributed by atoms with Crippen LogP contribution in [0.2, 0.25) is 0 Å². The van der Waals surface area contributed by atoms with Gasteiger partial charge in [-0.1, -0.05) is 18.2 Å². The lowest BCUT2D eigenvalue weighted by Gasteiger charge is -2.26. The molecule has 3 aliphatic rings. The number of carbonyl (C=O) groups is 1. The molecule has 122 valence electrons. The van der Waals surface area contributed by atoms with Crippen LogP contribution in [0.3, 0.4) is 0 Å². The average molecular weight is 304 g/mol. The minimum absolute atomic E-state index is 0.147. The Balaban J connectivity index is 1.49.